The van der Waals surface area contributed by atoms with Crippen molar-refractivity contribution in [1.82, 2.24) is 14.8 Å². The summed E-state index contributed by atoms with van der Waals surface area (Å²) in [5.41, 5.74) is 2.27. The van der Waals surface area contributed by atoms with E-state index < -0.39 is 0 Å². The van der Waals surface area contributed by atoms with Crippen molar-refractivity contribution in [3.8, 4) is 5.75 Å². The first-order chi connectivity index (χ1) is 12.6. The molecular weight excluding hydrogens is 326 g/mol. The molecule has 5 nitrogen and oxygen atoms in total. The first-order valence-corrected chi connectivity index (χ1v) is 9.24. The van der Waals surface area contributed by atoms with Crippen molar-refractivity contribution in [3.05, 3.63) is 59.9 Å². The number of carbonyl (C=O) groups excluding carboxylic acids is 1. The Morgan fingerprint density at radius 2 is 1.92 bits per heavy atom. The van der Waals surface area contributed by atoms with Crippen LogP contribution in [0.15, 0.2) is 48.7 Å². The van der Waals surface area contributed by atoms with E-state index in [0.717, 1.165) is 43.9 Å². The van der Waals surface area contributed by atoms with Gasteiger partial charge in [0.1, 0.15) is 5.75 Å². The van der Waals surface area contributed by atoms with E-state index in [4.69, 9.17) is 4.74 Å². The minimum Gasteiger partial charge on any atom is -0.484 e. The van der Waals surface area contributed by atoms with E-state index in [-0.39, 0.29) is 18.6 Å². The smallest absolute Gasteiger partial charge is 0.260 e. The molecule has 0 spiro atoms. The van der Waals surface area contributed by atoms with Crippen LogP contribution in [0, 0.1) is 0 Å². The number of amides is 1. The van der Waals surface area contributed by atoms with Crippen LogP contribution in [0.4, 0.5) is 0 Å². The molecular formula is C21H27N3O2. The molecule has 0 aliphatic carbocycles. The van der Waals surface area contributed by atoms with Crippen LogP contribution in [0.5, 0.6) is 5.75 Å². The van der Waals surface area contributed by atoms with Crippen molar-refractivity contribution in [2.75, 3.05) is 26.7 Å². The summed E-state index contributed by atoms with van der Waals surface area (Å²) >= 11 is 0. The highest BCUT2D eigenvalue weighted by Gasteiger charge is 2.18. The lowest BCUT2D eigenvalue weighted by Crippen LogP contribution is -2.32. The van der Waals surface area contributed by atoms with Crippen LogP contribution in [-0.4, -0.2) is 47.4 Å². The highest BCUT2D eigenvalue weighted by Crippen LogP contribution is 2.20. The van der Waals surface area contributed by atoms with E-state index >= 15 is 0 Å². The second-order valence-corrected chi connectivity index (χ2v) is 6.87. The molecule has 3 rings (SSSR count). The van der Waals surface area contributed by atoms with Gasteiger partial charge in [0.15, 0.2) is 6.61 Å². The SMILES string of the molecule is C[C@@H](c1ccccn1)N(C)Cc1ccc(OCC(=O)N2CCCC2)cc1. The molecule has 138 valence electrons. The van der Waals surface area contributed by atoms with Gasteiger partial charge in [-0.25, -0.2) is 0 Å². The van der Waals surface area contributed by atoms with E-state index in [1.165, 1.54) is 5.56 Å². The van der Waals surface area contributed by atoms with Crippen molar-refractivity contribution in [3.63, 3.8) is 0 Å². The minimum absolute atomic E-state index is 0.0792. The fourth-order valence-corrected chi connectivity index (χ4v) is 3.17. The Labute approximate surface area is 155 Å². The van der Waals surface area contributed by atoms with Crippen molar-refractivity contribution in [1.29, 1.82) is 0 Å². The number of rotatable bonds is 7. The Morgan fingerprint density at radius 3 is 2.58 bits per heavy atom. The Balaban J connectivity index is 1.50. The van der Waals surface area contributed by atoms with Crippen LogP contribution in [0.3, 0.4) is 0 Å². The third kappa shape index (κ3) is 4.82. The maximum Gasteiger partial charge on any atom is 0.260 e. The fourth-order valence-electron chi connectivity index (χ4n) is 3.17. The number of ether oxygens (including phenoxy) is 1. The van der Waals surface area contributed by atoms with Gasteiger partial charge in [0.2, 0.25) is 0 Å². The Hall–Kier alpha value is -2.40. The number of nitrogens with zero attached hydrogens (tertiary/aromatic N) is 3. The molecule has 0 radical (unpaired) electrons. The summed E-state index contributed by atoms with van der Waals surface area (Å²) in [4.78, 5) is 20.6. The zero-order valence-electron chi connectivity index (χ0n) is 15.6. The molecule has 2 heterocycles. The van der Waals surface area contributed by atoms with Crippen molar-refractivity contribution in [2.45, 2.75) is 32.4 Å². The summed E-state index contributed by atoms with van der Waals surface area (Å²) < 4.78 is 5.64. The maximum atomic E-state index is 12.0. The third-order valence-electron chi connectivity index (χ3n) is 4.95. The number of hydrogen-bond acceptors (Lipinski definition) is 4. The Kier molecular flexibility index (Phi) is 6.23. The van der Waals surface area contributed by atoms with Crippen LogP contribution in [0.2, 0.25) is 0 Å². The number of carbonyl (C=O) groups is 1. The molecule has 1 saturated heterocycles. The van der Waals surface area contributed by atoms with Gasteiger partial charge >= 0.3 is 0 Å². The van der Waals surface area contributed by atoms with Gasteiger partial charge in [-0.2, -0.15) is 0 Å². The van der Waals surface area contributed by atoms with E-state index in [1.807, 2.05) is 35.4 Å². The summed E-state index contributed by atoms with van der Waals surface area (Å²) in [7, 11) is 2.10. The van der Waals surface area contributed by atoms with E-state index in [0.29, 0.717) is 0 Å². The normalized spacial score (nSPS) is 15.3. The number of pyridine rings is 1. The van der Waals surface area contributed by atoms with Crippen LogP contribution in [0.1, 0.15) is 37.1 Å². The third-order valence-corrected chi connectivity index (χ3v) is 4.95. The van der Waals surface area contributed by atoms with E-state index in [9.17, 15) is 4.79 Å². The standard InChI is InChI=1S/C21H27N3O2/c1-17(20-7-3-4-12-22-20)23(2)15-18-8-10-19(11-9-18)26-16-21(25)24-13-5-6-14-24/h3-4,7-12,17H,5-6,13-16H2,1-2H3/t17-/m0/s1. The predicted octanol–water partition coefficient (Wildman–Crippen LogP) is 3.28. The van der Waals surface area contributed by atoms with Gasteiger partial charge < -0.3 is 9.64 Å². The fraction of sp³-hybridized carbons (Fsp3) is 0.429. The van der Waals surface area contributed by atoms with Gasteiger partial charge in [0.25, 0.3) is 5.91 Å². The summed E-state index contributed by atoms with van der Waals surface area (Å²) in [5.74, 6) is 0.817. The second-order valence-electron chi connectivity index (χ2n) is 6.87. The van der Waals surface area contributed by atoms with Gasteiger partial charge in [-0.15, -0.1) is 0 Å². The van der Waals surface area contributed by atoms with Crippen LogP contribution in [0.25, 0.3) is 0 Å². The monoisotopic (exact) mass is 353 g/mol. The molecule has 1 aromatic carbocycles. The molecule has 1 aliphatic heterocycles. The van der Waals surface area contributed by atoms with Gasteiger partial charge in [0, 0.05) is 31.9 Å². The van der Waals surface area contributed by atoms with E-state index in [1.54, 1.807) is 0 Å². The lowest BCUT2D eigenvalue weighted by atomic mass is 10.1. The number of benzene rings is 1. The van der Waals surface area contributed by atoms with Gasteiger partial charge in [0.05, 0.1) is 5.69 Å². The molecule has 1 atom stereocenters. The zero-order valence-corrected chi connectivity index (χ0v) is 15.6. The van der Waals surface area contributed by atoms with Gasteiger partial charge in [-0.1, -0.05) is 18.2 Å². The summed E-state index contributed by atoms with van der Waals surface area (Å²) in [6.45, 7) is 4.83. The van der Waals surface area contributed by atoms with Crippen LogP contribution < -0.4 is 4.74 Å². The zero-order chi connectivity index (χ0) is 18.4. The van der Waals surface area contributed by atoms with E-state index in [2.05, 4.69) is 42.1 Å². The average Bonchev–Trinajstić information content (AvgIpc) is 3.22. The minimum atomic E-state index is 0.0792. The molecule has 1 amide bonds. The highest BCUT2D eigenvalue weighted by molar-refractivity contribution is 5.78. The molecule has 1 aromatic heterocycles. The second kappa shape index (κ2) is 8.81. The van der Waals surface area contributed by atoms with Crippen molar-refractivity contribution in [2.24, 2.45) is 0 Å². The summed E-state index contributed by atoms with van der Waals surface area (Å²) in [5, 5.41) is 0. The van der Waals surface area contributed by atoms with Crippen LogP contribution >= 0.6 is 0 Å². The van der Waals surface area contributed by atoms with Crippen molar-refractivity contribution < 1.29 is 9.53 Å². The lowest BCUT2D eigenvalue weighted by molar-refractivity contribution is -0.132. The van der Waals surface area contributed by atoms with Gasteiger partial charge in [-0.05, 0) is 56.6 Å². The maximum absolute atomic E-state index is 12.0. The summed E-state index contributed by atoms with van der Waals surface area (Å²) in [6.07, 6.45) is 4.03. The van der Waals surface area contributed by atoms with Gasteiger partial charge in [-0.3, -0.25) is 14.7 Å². The van der Waals surface area contributed by atoms with Crippen molar-refractivity contribution >= 4 is 5.91 Å². The number of hydrogen-bond donors (Lipinski definition) is 0. The predicted molar refractivity (Wildman–Crippen MR) is 102 cm³/mol. The Bertz CT molecular complexity index is 697. The molecule has 2 aromatic rings. The average molecular weight is 353 g/mol. The molecule has 0 saturated carbocycles. The molecule has 26 heavy (non-hydrogen) atoms. The lowest BCUT2D eigenvalue weighted by Gasteiger charge is -2.24. The molecule has 0 bridgehead atoms. The topological polar surface area (TPSA) is 45.7 Å². The molecule has 0 N–H and O–H groups in total. The summed E-state index contributed by atoms with van der Waals surface area (Å²) in [6, 6.07) is 14.2. The number of likely N-dealkylation sites (tertiary alicyclic amines) is 1. The first kappa shape index (κ1) is 18.4. The molecule has 1 aliphatic rings. The highest BCUT2D eigenvalue weighted by atomic mass is 16.5. The first-order valence-electron chi connectivity index (χ1n) is 9.24. The molecule has 0 unspecified atom stereocenters. The number of aromatic nitrogens is 1. The largest absolute Gasteiger partial charge is 0.484 e. The van der Waals surface area contributed by atoms with Crippen LogP contribution in [-0.2, 0) is 11.3 Å². The Morgan fingerprint density at radius 1 is 1.19 bits per heavy atom. The molecule has 1 fully saturated rings. The molecule has 5 heteroatoms. The quantitative estimate of drug-likeness (QED) is 0.766.